The molecule has 0 aromatic heterocycles. The molecule has 0 aliphatic heterocycles. The summed E-state index contributed by atoms with van der Waals surface area (Å²) >= 11 is 3.34. The minimum absolute atomic E-state index is 0.00468. The molecule has 1 N–H and O–H groups in total. The molecule has 0 aliphatic rings. The first-order valence-corrected chi connectivity index (χ1v) is 8.06. The summed E-state index contributed by atoms with van der Waals surface area (Å²) in [5, 5.41) is 20.6. The summed E-state index contributed by atoms with van der Waals surface area (Å²) in [5.74, 6) is 0.357. The Labute approximate surface area is 149 Å². The molecule has 6 nitrogen and oxygen atoms in total. The van der Waals surface area contributed by atoms with E-state index in [4.69, 9.17) is 14.7 Å². The van der Waals surface area contributed by atoms with Crippen molar-refractivity contribution in [3.63, 3.8) is 0 Å². The molecule has 1 rings (SSSR count). The third-order valence-corrected chi connectivity index (χ3v) is 3.79. The zero-order valence-electron chi connectivity index (χ0n) is 13.7. The molecule has 1 aromatic rings. The minimum atomic E-state index is -0.424. The fourth-order valence-corrected chi connectivity index (χ4v) is 2.36. The monoisotopic (exact) mass is 391 g/mol. The van der Waals surface area contributed by atoms with E-state index in [9.17, 15) is 10.1 Å². The fraction of sp³-hybridized carbons (Fsp3) is 0.353. The number of methoxy groups -OCH3 is 1. The first-order chi connectivity index (χ1) is 11.5. The van der Waals surface area contributed by atoms with Crippen LogP contribution in [0.25, 0.3) is 6.08 Å². The van der Waals surface area contributed by atoms with E-state index >= 15 is 0 Å². The second kappa shape index (κ2) is 9.59. The number of nitrogens with one attached hydrogen (secondary N) is 1. The number of carbonyl (C=O) groups is 1. The van der Waals surface area contributed by atoms with Crippen molar-refractivity contribution in [2.75, 3.05) is 13.7 Å². The minimum Gasteiger partial charge on any atom is -0.493 e. The Hall–Kier alpha value is -2.51. The molecular weight excluding hydrogens is 374 g/mol. The third-order valence-electron chi connectivity index (χ3n) is 3.20. The smallest absolute Gasteiger partial charge is 0.262 e. The maximum atomic E-state index is 12.1. The number of rotatable bonds is 7. The van der Waals surface area contributed by atoms with Crippen LogP contribution in [0.4, 0.5) is 0 Å². The highest BCUT2D eigenvalue weighted by atomic mass is 79.9. The lowest BCUT2D eigenvalue weighted by Crippen LogP contribution is -2.32. The highest BCUT2D eigenvalue weighted by Crippen LogP contribution is 2.37. The number of ether oxygens (including phenoxy) is 2. The van der Waals surface area contributed by atoms with Gasteiger partial charge in [0.1, 0.15) is 17.7 Å². The molecule has 7 heteroatoms. The topological polar surface area (TPSA) is 95.1 Å². The molecule has 1 aromatic carbocycles. The van der Waals surface area contributed by atoms with Crippen LogP contribution in [0.1, 0.15) is 25.8 Å². The van der Waals surface area contributed by atoms with Crippen LogP contribution in [0.3, 0.4) is 0 Å². The predicted molar refractivity (Wildman–Crippen MR) is 93.3 cm³/mol. The van der Waals surface area contributed by atoms with Crippen molar-refractivity contribution < 1.29 is 14.3 Å². The number of hydrogen-bond acceptors (Lipinski definition) is 5. The number of nitrogens with zero attached hydrogens (tertiary/aromatic N) is 2. The van der Waals surface area contributed by atoms with Gasteiger partial charge in [0.2, 0.25) is 0 Å². The summed E-state index contributed by atoms with van der Waals surface area (Å²) in [4.78, 5) is 12.1. The molecule has 0 saturated heterocycles. The Morgan fingerprint density at radius 2 is 2.17 bits per heavy atom. The van der Waals surface area contributed by atoms with Gasteiger partial charge in [-0.15, -0.1) is 0 Å². The van der Waals surface area contributed by atoms with Crippen LogP contribution in [0.5, 0.6) is 11.5 Å². The van der Waals surface area contributed by atoms with E-state index in [-0.39, 0.29) is 18.2 Å². The van der Waals surface area contributed by atoms with Gasteiger partial charge in [-0.25, -0.2) is 0 Å². The summed E-state index contributed by atoms with van der Waals surface area (Å²) in [6, 6.07) is 7.08. The molecule has 126 valence electrons. The summed E-state index contributed by atoms with van der Waals surface area (Å²) in [5.41, 5.74) is 0.592. The summed E-state index contributed by atoms with van der Waals surface area (Å²) in [6.07, 6.45) is 2.24. The molecule has 0 saturated carbocycles. The zero-order chi connectivity index (χ0) is 18.1. The Morgan fingerprint density at radius 3 is 2.71 bits per heavy atom. The normalized spacial score (nSPS) is 11.8. The number of nitriles is 2. The standard InChI is InChI=1S/C17H18BrN3O3/c1-4-11(2)21-17(22)13(10-20)7-12-8-14(18)16(24-6-5-19)15(9-12)23-3/h7-9,11H,4,6H2,1-3H3,(H,21,22)/b13-7+/t11-/m0/s1. The van der Waals surface area contributed by atoms with Gasteiger partial charge in [-0.3, -0.25) is 4.79 Å². The van der Waals surface area contributed by atoms with Gasteiger partial charge in [0.25, 0.3) is 5.91 Å². The van der Waals surface area contributed by atoms with E-state index in [0.717, 1.165) is 6.42 Å². The molecule has 0 fully saturated rings. The van der Waals surface area contributed by atoms with Crippen LogP contribution in [0, 0.1) is 22.7 Å². The molecule has 1 amide bonds. The van der Waals surface area contributed by atoms with Crippen molar-refractivity contribution >= 4 is 27.9 Å². The highest BCUT2D eigenvalue weighted by Gasteiger charge is 2.14. The largest absolute Gasteiger partial charge is 0.493 e. The number of carbonyl (C=O) groups excluding carboxylic acids is 1. The van der Waals surface area contributed by atoms with E-state index in [1.807, 2.05) is 26.0 Å². The van der Waals surface area contributed by atoms with E-state index in [1.165, 1.54) is 13.2 Å². The summed E-state index contributed by atoms with van der Waals surface area (Å²) in [6.45, 7) is 3.70. The van der Waals surface area contributed by atoms with Gasteiger partial charge in [0, 0.05) is 6.04 Å². The van der Waals surface area contributed by atoms with Crippen LogP contribution >= 0.6 is 15.9 Å². The molecule has 24 heavy (non-hydrogen) atoms. The molecule has 0 spiro atoms. The van der Waals surface area contributed by atoms with Gasteiger partial charge in [-0.05, 0) is 53.0 Å². The van der Waals surface area contributed by atoms with E-state index in [1.54, 1.807) is 12.1 Å². The van der Waals surface area contributed by atoms with Gasteiger partial charge in [0.05, 0.1) is 11.6 Å². The maximum absolute atomic E-state index is 12.1. The zero-order valence-corrected chi connectivity index (χ0v) is 15.3. The van der Waals surface area contributed by atoms with Crippen molar-refractivity contribution in [2.24, 2.45) is 0 Å². The highest BCUT2D eigenvalue weighted by molar-refractivity contribution is 9.10. The molecule has 0 bridgehead atoms. The number of amides is 1. The number of benzene rings is 1. The van der Waals surface area contributed by atoms with Gasteiger partial charge in [0.15, 0.2) is 18.1 Å². The van der Waals surface area contributed by atoms with E-state index in [2.05, 4.69) is 21.2 Å². The molecule has 0 radical (unpaired) electrons. The third kappa shape index (κ3) is 5.29. The van der Waals surface area contributed by atoms with Gasteiger partial charge >= 0.3 is 0 Å². The second-order valence-electron chi connectivity index (χ2n) is 4.93. The molecular formula is C17H18BrN3O3. The van der Waals surface area contributed by atoms with Crippen molar-refractivity contribution in [2.45, 2.75) is 26.3 Å². The molecule has 0 heterocycles. The quantitative estimate of drug-likeness (QED) is 0.568. The predicted octanol–water partition coefficient (Wildman–Crippen LogP) is 3.18. The Balaban J connectivity index is 3.17. The SMILES string of the molecule is CC[C@H](C)NC(=O)/C(C#N)=C/c1cc(Br)c(OCC#N)c(OC)c1. The van der Waals surface area contributed by atoms with E-state index in [0.29, 0.717) is 21.5 Å². The van der Waals surface area contributed by atoms with Crippen LogP contribution in [0.2, 0.25) is 0 Å². The molecule has 1 atom stereocenters. The van der Waals surface area contributed by atoms with Gasteiger partial charge in [-0.1, -0.05) is 6.92 Å². The van der Waals surface area contributed by atoms with Gasteiger partial charge in [-0.2, -0.15) is 10.5 Å². The van der Waals surface area contributed by atoms with Crippen LogP contribution in [0.15, 0.2) is 22.2 Å². The van der Waals surface area contributed by atoms with Crippen molar-refractivity contribution in [1.29, 1.82) is 10.5 Å². The lowest BCUT2D eigenvalue weighted by Gasteiger charge is -2.12. The fourth-order valence-electron chi connectivity index (χ4n) is 1.79. The van der Waals surface area contributed by atoms with Crippen molar-refractivity contribution in [3.05, 3.63) is 27.7 Å². The van der Waals surface area contributed by atoms with Crippen molar-refractivity contribution in [1.82, 2.24) is 5.32 Å². The van der Waals surface area contributed by atoms with Crippen LogP contribution in [-0.4, -0.2) is 25.7 Å². The summed E-state index contributed by atoms with van der Waals surface area (Å²) in [7, 11) is 1.47. The second-order valence-corrected chi connectivity index (χ2v) is 5.79. The van der Waals surface area contributed by atoms with Gasteiger partial charge < -0.3 is 14.8 Å². The number of halogens is 1. The molecule has 0 unspecified atom stereocenters. The Bertz CT molecular complexity index is 717. The van der Waals surface area contributed by atoms with Crippen LogP contribution < -0.4 is 14.8 Å². The number of hydrogen-bond donors (Lipinski definition) is 1. The summed E-state index contributed by atoms with van der Waals surface area (Å²) < 4.78 is 11.1. The Morgan fingerprint density at radius 1 is 1.46 bits per heavy atom. The molecule has 0 aliphatic carbocycles. The lowest BCUT2D eigenvalue weighted by molar-refractivity contribution is -0.117. The van der Waals surface area contributed by atoms with Crippen LogP contribution in [-0.2, 0) is 4.79 Å². The maximum Gasteiger partial charge on any atom is 0.262 e. The average Bonchev–Trinajstić information content (AvgIpc) is 2.57. The first-order valence-electron chi connectivity index (χ1n) is 7.26. The lowest BCUT2D eigenvalue weighted by atomic mass is 10.1. The van der Waals surface area contributed by atoms with Crippen molar-refractivity contribution in [3.8, 4) is 23.6 Å². The average molecular weight is 392 g/mol. The first kappa shape index (κ1) is 19.5. The Kier molecular flexibility index (Phi) is 7.81. The van der Waals surface area contributed by atoms with E-state index < -0.39 is 5.91 Å².